The molecule has 1 heterocycles. The van der Waals surface area contributed by atoms with Gasteiger partial charge in [0.2, 0.25) is 5.91 Å². The molecule has 4 unspecified atom stereocenters. The number of aliphatic hydroxyl groups is 1. The van der Waals surface area contributed by atoms with Gasteiger partial charge in [0.1, 0.15) is 0 Å². The van der Waals surface area contributed by atoms with Crippen LogP contribution in [0.4, 0.5) is 0 Å². The molecule has 4 atom stereocenters. The molecule has 0 aromatic carbocycles. The highest BCUT2D eigenvalue weighted by Crippen LogP contribution is 2.32. The van der Waals surface area contributed by atoms with E-state index in [2.05, 4.69) is 10.6 Å². The number of amides is 1. The second kappa shape index (κ2) is 7.14. The van der Waals surface area contributed by atoms with Crippen LogP contribution in [0, 0.1) is 5.92 Å². The first-order valence-electron chi connectivity index (χ1n) is 7.77. The van der Waals surface area contributed by atoms with E-state index in [0.717, 1.165) is 18.8 Å². The summed E-state index contributed by atoms with van der Waals surface area (Å²) in [4.78, 5) is 12.2. The molecule has 1 aliphatic carbocycles. The quantitative estimate of drug-likeness (QED) is 0.720. The summed E-state index contributed by atoms with van der Waals surface area (Å²) in [5, 5.41) is 16.5. The monoisotopic (exact) mass is 300 g/mol. The molecule has 1 amide bonds. The van der Waals surface area contributed by atoms with Crippen LogP contribution < -0.4 is 10.6 Å². The van der Waals surface area contributed by atoms with Gasteiger partial charge in [-0.15, -0.1) is 0 Å². The summed E-state index contributed by atoms with van der Waals surface area (Å²) in [6.45, 7) is 2.11. The third-order valence-corrected chi connectivity index (χ3v) is 5.48. The molecule has 2 aliphatic rings. The van der Waals surface area contributed by atoms with Crippen molar-refractivity contribution in [3.05, 3.63) is 0 Å². The molecule has 0 spiro atoms. The first-order chi connectivity index (χ1) is 9.52. The Balaban J connectivity index is 1.78. The summed E-state index contributed by atoms with van der Waals surface area (Å²) in [5.74, 6) is 1.46. The van der Waals surface area contributed by atoms with Crippen molar-refractivity contribution in [2.24, 2.45) is 5.92 Å². The molecule has 0 aromatic heterocycles. The van der Waals surface area contributed by atoms with Crippen molar-refractivity contribution in [2.45, 2.75) is 63.1 Å². The molecule has 5 heteroatoms. The topological polar surface area (TPSA) is 61.4 Å². The van der Waals surface area contributed by atoms with E-state index < -0.39 is 5.60 Å². The predicted molar refractivity (Wildman–Crippen MR) is 83.9 cm³/mol. The summed E-state index contributed by atoms with van der Waals surface area (Å²) in [6.07, 6.45) is 9.20. The molecule has 3 N–H and O–H groups in total. The van der Waals surface area contributed by atoms with E-state index in [1.807, 2.05) is 6.26 Å². The second-order valence-electron chi connectivity index (χ2n) is 6.60. The summed E-state index contributed by atoms with van der Waals surface area (Å²) in [7, 11) is 0. The average Bonchev–Trinajstić information content (AvgIpc) is 2.44. The number of carbonyl (C=O) groups is 1. The highest BCUT2D eigenvalue weighted by molar-refractivity contribution is 7.98. The Bertz CT molecular complexity index is 336. The molecule has 20 heavy (non-hydrogen) atoms. The van der Waals surface area contributed by atoms with E-state index in [9.17, 15) is 9.90 Å². The largest absolute Gasteiger partial charge is 0.387 e. The molecule has 2 rings (SSSR count). The molecular formula is C15H28N2O2S. The van der Waals surface area contributed by atoms with Gasteiger partial charge in [0.15, 0.2) is 0 Å². The van der Waals surface area contributed by atoms with E-state index in [-0.39, 0.29) is 11.9 Å². The van der Waals surface area contributed by atoms with Crippen molar-refractivity contribution in [3.63, 3.8) is 0 Å². The van der Waals surface area contributed by atoms with Crippen LogP contribution in [0.1, 0.15) is 45.4 Å². The fourth-order valence-electron chi connectivity index (χ4n) is 3.46. The normalized spacial score (nSPS) is 33.0. The first-order valence-corrected chi connectivity index (χ1v) is 9.16. The molecule has 0 aromatic rings. The maximum absolute atomic E-state index is 12.2. The smallest absolute Gasteiger partial charge is 0.237 e. The highest BCUT2D eigenvalue weighted by atomic mass is 32.2. The Morgan fingerprint density at radius 3 is 2.85 bits per heavy atom. The lowest BCUT2D eigenvalue weighted by atomic mass is 9.77. The third kappa shape index (κ3) is 4.37. The van der Waals surface area contributed by atoms with Gasteiger partial charge >= 0.3 is 0 Å². The van der Waals surface area contributed by atoms with Gasteiger partial charge in [-0.25, -0.2) is 0 Å². The number of nitrogens with one attached hydrogen (secondary N) is 2. The lowest BCUT2D eigenvalue weighted by molar-refractivity contribution is -0.125. The van der Waals surface area contributed by atoms with Crippen LogP contribution in [0.15, 0.2) is 0 Å². The number of hydrogen-bond donors (Lipinski definition) is 3. The van der Waals surface area contributed by atoms with Crippen LogP contribution in [-0.2, 0) is 4.79 Å². The molecule has 0 bridgehead atoms. The Kier molecular flexibility index (Phi) is 5.75. The van der Waals surface area contributed by atoms with Gasteiger partial charge in [0.25, 0.3) is 0 Å². The fourth-order valence-corrected chi connectivity index (χ4v) is 4.19. The van der Waals surface area contributed by atoms with Crippen molar-refractivity contribution >= 4 is 17.7 Å². The van der Waals surface area contributed by atoms with Crippen molar-refractivity contribution in [1.82, 2.24) is 10.6 Å². The summed E-state index contributed by atoms with van der Waals surface area (Å²) in [5.41, 5.74) is -0.822. The summed E-state index contributed by atoms with van der Waals surface area (Å²) >= 11 is 1.59. The van der Waals surface area contributed by atoms with Crippen LogP contribution in [0.5, 0.6) is 0 Å². The van der Waals surface area contributed by atoms with Crippen LogP contribution >= 0.6 is 11.8 Å². The number of carbonyl (C=O) groups excluding carboxylic acids is 1. The summed E-state index contributed by atoms with van der Waals surface area (Å²) < 4.78 is 0. The van der Waals surface area contributed by atoms with Gasteiger partial charge in [-0.2, -0.15) is 11.8 Å². The lowest BCUT2D eigenvalue weighted by Crippen LogP contribution is -2.56. The van der Waals surface area contributed by atoms with E-state index in [0.29, 0.717) is 18.3 Å². The van der Waals surface area contributed by atoms with Crippen molar-refractivity contribution < 1.29 is 9.90 Å². The number of fused-ring (bicyclic) bond motifs is 1. The average molecular weight is 300 g/mol. The van der Waals surface area contributed by atoms with Gasteiger partial charge in [-0.05, 0) is 44.8 Å². The van der Waals surface area contributed by atoms with E-state index in [1.54, 1.807) is 18.7 Å². The minimum atomic E-state index is -0.822. The van der Waals surface area contributed by atoms with Crippen LogP contribution in [0.25, 0.3) is 0 Å². The summed E-state index contributed by atoms with van der Waals surface area (Å²) in [6, 6.07) is 0.458. The number of thioether (sulfide) groups is 1. The maximum Gasteiger partial charge on any atom is 0.237 e. The van der Waals surface area contributed by atoms with Gasteiger partial charge in [0.05, 0.1) is 11.6 Å². The zero-order valence-corrected chi connectivity index (χ0v) is 13.5. The molecule has 1 aliphatic heterocycles. The first kappa shape index (κ1) is 16.1. The fraction of sp³-hybridized carbons (Fsp3) is 0.933. The van der Waals surface area contributed by atoms with Gasteiger partial charge in [0, 0.05) is 18.3 Å². The zero-order chi connectivity index (χ0) is 14.6. The predicted octanol–water partition coefficient (Wildman–Crippen LogP) is 1.53. The van der Waals surface area contributed by atoms with Crippen LogP contribution in [-0.4, -0.2) is 47.3 Å². The SMILES string of the molecule is CSCC(C)(O)CNC(=O)C1CCC2CCCCC2N1. The Morgan fingerprint density at radius 1 is 1.35 bits per heavy atom. The lowest BCUT2D eigenvalue weighted by Gasteiger charge is -2.40. The second-order valence-corrected chi connectivity index (χ2v) is 7.46. The van der Waals surface area contributed by atoms with Gasteiger partial charge in [-0.3, -0.25) is 4.79 Å². The molecule has 1 saturated heterocycles. The van der Waals surface area contributed by atoms with Crippen molar-refractivity contribution in [1.29, 1.82) is 0 Å². The molecule has 0 radical (unpaired) electrons. The molecular weight excluding hydrogens is 272 g/mol. The minimum absolute atomic E-state index is 0.0513. The zero-order valence-electron chi connectivity index (χ0n) is 12.7. The van der Waals surface area contributed by atoms with Crippen LogP contribution in [0.3, 0.4) is 0 Å². The Labute approximate surface area is 126 Å². The van der Waals surface area contributed by atoms with Crippen LogP contribution in [0.2, 0.25) is 0 Å². The standard InChI is InChI=1S/C15H28N2O2S/c1-15(19,10-20-2)9-16-14(18)13-8-7-11-5-3-4-6-12(11)17-13/h11-13,17,19H,3-10H2,1-2H3,(H,16,18). The van der Waals surface area contributed by atoms with E-state index in [1.165, 1.54) is 25.7 Å². The number of rotatable bonds is 5. The Hall–Kier alpha value is -0.260. The molecule has 2 fully saturated rings. The third-order valence-electron chi connectivity index (χ3n) is 4.57. The van der Waals surface area contributed by atoms with Gasteiger partial charge in [-0.1, -0.05) is 12.8 Å². The maximum atomic E-state index is 12.2. The highest BCUT2D eigenvalue weighted by Gasteiger charge is 2.34. The molecule has 4 nitrogen and oxygen atoms in total. The Morgan fingerprint density at radius 2 is 2.10 bits per heavy atom. The number of piperidine rings is 1. The number of hydrogen-bond acceptors (Lipinski definition) is 4. The van der Waals surface area contributed by atoms with Crippen molar-refractivity contribution in [2.75, 3.05) is 18.6 Å². The molecule has 116 valence electrons. The van der Waals surface area contributed by atoms with Crippen molar-refractivity contribution in [3.8, 4) is 0 Å². The molecule has 1 saturated carbocycles. The van der Waals surface area contributed by atoms with E-state index in [4.69, 9.17) is 0 Å². The van der Waals surface area contributed by atoms with Gasteiger partial charge < -0.3 is 15.7 Å². The van der Waals surface area contributed by atoms with E-state index >= 15 is 0 Å². The minimum Gasteiger partial charge on any atom is -0.387 e.